The summed E-state index contributed by atoms with van der Waals surface area (Å²) in [5, 5.41) is 16.7. The Morgan fingerprint density at radius 2 is 1.57 bits per heavy atom. The molecular formula is C22H18ClN3O3S. The van der Waals surface area contributed by atoms with Gasteiger partial charge in [0.15, 0.2) is 5.11 Å². The molecule has 0 saturated heterocycles. The van der Waals surface area contributed by atoms with Gasteiger partial charge in [0.2, 0.25) is 5.91 Å². The largest absolute Gasteiger partial charge is 0.332 e. The highest BCUT2D eigenvalue weighted by atomic mass is 35.5. The average molecular weight is 440 g/mol. The molecule has 0 aliphatic heterocycles. The Balaban J connectivity index is 1.80. The molecular weight excluding hydrogens is 422 g/mol. The molecule has 3 aromatic rings. The van der Waals surface area contributed by atoms with E-state index in [1.54, 1.807) is 6.92 Å². The fourth-order valence-corrected chi connectivity index (χ4v) is 3.51. The molecule has 152 valence electrons. The molecule has 0 spiro atoms. The monoisotopic (exact) mass is 439 g/mol. The predicted molar refractivity (Wildman–Crippen MR) is 122 cm³/mol. The average Bonchev–Trinajstić information content (AvgIpc) is 2.72. The Morgan fingerprint density at radius 3 is 2.07 bits per heavy atom. The summed E-state index contributed by atoms with van der Waals surface area (Å²) >= 11 is 11.3. The van der Waals surface area contributed by atoms with Gasteiger partial charge in [0.05, 0.1) is 10.8 Å². The fraction of sp³-hybridized carbons (Fsp3) is 0.0909. The Morgan fingerprint density at radius 1 is 1.03 bits per heavy atom. The zero-order chi connectivity index (χ0) is 21.7. The number of benzene rings is 3. The summed E-state index contributed by atoms with van der Waals surface area (Å²) in [7, 11) is 0. The smallest absolute Gasteiger partial charge is 0.288 e. The molecule has 8 heteroatoms. The number of hydrogen-bond acceptors (Lipinski definition) is 4. The number of anilines is 1. The van der Waals surface area contributed by atoms with Crippen LogP contribution in [0.2, 0.25) is 5.02 Å². The van der Waals surface area contributed by atoms with Crippen LogP contribution in [0.3, 0.4) is 0 Å². The number of rotatable bonds is 5. The van der Waals surface area contributed by atoms with Gasteiger partial charge in [-0.25, -0.2) is 0 Å². The van der Waals surface area contributed by atoms with Crippen LogP contribution in [0, 0.1) is 17.0 Å². The molecule has 0 fully saturated rings. The van der Waals surface area contributed by atoms with Gasteiger partial charge in [-0.15, -0.1) is 0 Å². The molecule has 0 radical (unpaired) electrons. The van der Waals surface area contributed by atoms with Crippen LogP contribution in [0.4, 0.5) is 11.4 Å². The number of amides is 1. The van der Waals surface area contributed by atoms with Crippen molar-refractivity contribution in [3.8, 4) is 0 Å². The number of nitro groups is 1. The van der Waals surface area contributed by atoms with Crippen molar-refractivity contribution in [2.45, 2.75) is 12.8 Å². The van der Waals surface area contributed by atoms with E-state index in [1.807, 2.05) is 60.7 Å². The molecule has 0 aliphatic rings. The number of nitrogens with zero attached hydrogens (tertiary/aromatic N) is 1. The van der Waals surface area contributed by atoms with Gasteiger partial charge in [0.25, 0.3) is 5.69 Å². The zero-order valence-electron chi connectivity index (χ0n) is 16.0. The lowest BCUT2D eigenvalue weighted by atomic mass is 9.90. The van der Waals surface area contributed by atoms with E-state index in [2.05, 4.69) is 10.6 Å². The maximum atomic E-state index is 13.1. The zero-order valence-corrected chi connectivity index (χ0v) is 17.5. The molecule has 2 N–H and O–H groups in total. The summed E-state index contributed by atoms with van der Waals surface area (Å²) in [5.74, 6) is -0.843. The molecule has 0 unspecified atom stereocenters. The first-order chi connectivity index (χ1) is 14.4. The summed E-state index contributed by atoms with van der Waals surface area (Å²) in [4.78, 5) is 23.5. The third-order valence-electron chi connectivity index (χ3n) is 4.50. The number of carbonyl (C=O) groups is 1. The molecule has 0 aromatic heterocycles. The van der Waals surface area contributed by atoms with Gasteiger partial charge in [-0.05, 0) is 41.9 Å². The van der Waals surface area contributed by atoms with Gasteiger partial charge in [0.1, 0.15) is 5.02 Å². The summed E-state index contributed by atoms with van der Waals surface area (Å²) in [6.07, 6.45) is 0. The van der Waals surface area contributed by atoms with Gasteiger partial charge >= 0.3 is 0 Å². The Labute approximate surface area is 184 Å². The Hall–Kier alpha value is -3.29. The topological polar surface area (TPSA) is 84.3 Å². The first-order valence-corrected chi connectivity index (χ1v) is 9.81. The third-order valence-corrected chi connectivity index (χ3v) is 5.01. The number of nitro benzene ring substituents is 1. The minimum Gasteiger partial charge on any atom is -0.332 e. The van der Waals surface area contributed by atoms with Crippen molar-refractivity contribution in [2.75, 3.05) is 5.32 Å². The van der Waals surface area contributed by atoms with Crippen molar-refractivity contribution in [3.05, 3.63) is 105 Å². The van der Waals surface area contributed by atoms with Crippen molar-refractivity contribution in [1.82, 2.24) is 5.32 Å². The van der Waals surface area contributed by atoms with E-state index in [4.69, 9.17) is 23.8 Å². The number of halogens is 1. The van der Waals surface area contributed by atoms with Crippen molar-refractivity contribution in [1.29, 1.82) is 0 Å². The second kappa shape index (κ2) is 9.47. The second-order valence-electron chi connectivity index (χ2n) is 6.57. The summed E-state index contributed by atoms with van der Waals surface area (Å²) in [5.41, 5.74) is 2.53. The third kappa shape index (κ3) is 5.00. The summed E-state index contributed by atoms with van der Waals surface area (Å²) in [6.45, 7) is 1.69. The van der Waals surface area contributed by atoms with Gasteiger partial charge < -0.3 is 10.6 Å². The maximum Gasteiger partial charge on any atom is 0.288 e. The molecule has 6 nitrogen and oxygen atoms in total. The minimum atomic E-state index is -0.552. The number of aryl methyl sites for hydroxylation is 1. The highest BCUT2D eigenvalue weighted by Gasteiger charge is 2.23. The van der Waals surface area contributed by atoms with Crippen LogP contribution in [0.25, 0.3) is 0 Å². The number of carbonyl (C=O) groups excluding carboxylic acids is 1. The lowest BCUT2D eigenvalue weighted by molar-refractivity contribution is -0.384. The SMILES string of the molecule is Cc1cc([N+](=O)[O-])c(Cl)cc1NC(=S)NC(=O)C(c1ccccc1)c1ccccc1. The van der Waals surface area contributed by atoms with E-state index in [1.165, 1.54) is 12.1 Å². The number of hydrogen-bond donors (Lipinski definition) is 2. The number of thiocarbonyl (C=S) groups is 1. The van der Waals surface area contributed by atoms with E-state index in [9.17, 15) is 14.9 Å². The summed E-state index contributed by atoms with van der Waals surface area (Å²) in [6, 6.07) is 21.6. The highest BCUT2D eigenvalue weighted by Crippen LogP contribution is 2.30. The minimum absolute atomic E-state index is 0.0197. The molecule has 0 heterocycles. The summed E-state index contributed by atoms with van der Waals surface area (Å²) < 4.78 is 0. The molecule has 3 rings (SSSR count). The number of nitrogens with one attached hydrogen (secondary N) is 2. The Bertz CT molecular complexity index is 1050. The molecule has 3 aromatic carbocycles. The molecule has 0 aliphatic carbocycles. The van der Waals surface area contributed by atoms with Gasteiger partial charge in [0, 0.05) is 11.8 Å². The van der Waals surface area contributed by atoms with Crippen LogP contribution in [0.5, 0.6) is 0 Å². The molecule has 0 atom stereocenters. The predicted octanol–water partition coefficient (Wildman–Crippen LogP) is 5.20. The van der Waals surface area contributed by atoms with E-state index in [-0.39, 0.29) is 21.7 Å². The molecule has 30 heavy (non-hydrogen) atoms. The van der Waals surface area contributed by atoms with Crippen LogP contribution in [0.1, 0.15) is 22.6 Å². The molecule has 1 amide bonds. The van der Waals surface area contributed by atoms with Gasteiger partial charge in [-0.3, -0.25) is 14.9 Å². The van der Waals surface area contributed by atoms with Crippen LogP contribution in [-0.4, -0.2) is 15.9 Å². The van der Waals surface area contributed by atoms with Crippen molar-refractivity contribution in [3.63, 3.8) is 0 Å². The van der Waals surface area contributed by atoms with Gasteiger partial charge in [-0.2, -0.15) is 0 Å². The van der Waals surface area contributed by atoms with Crippen LogP contribution in [0.15, 0.2) is 72.8 Å². The van der Waals surface area contributed by atoms with E-state index in [0.29, 0.717) is 11.3 Å². The van der Waals surface area contributed by atoms with E-state index < -0.39 is 10.8 Å². The van der Waals surface area contributed by atoms with Crippen molar-refractivity contribution < 1.29 is 9.72 Å². The Kier molecular flexibility index (Phi) is 6.76. The first kappa shape index (κ1) is 21.4. The maximum absolute atomic E-state index is 13.1. The highest BCUT2D eigenvalue weighted by molar-refractivity contribution is 7.80. The quantitative estimate of drug-likeness (QED) is 0.324. The lowest BCUT2D eigenvalue weighted by Crippen LogP contribution is -2.38. The second-order valence-corrected chi connectivity index (χ2v) is 7.39. The normalized spacial score (nSPS) is 10.5. The molecule has 0 bridgehead atoms. The van der Waals surface area contributed by atoms with Crippen LogP contribution in [-0.2, 0) is 4.79 Å². The van der Waals surface area contributed by atoms with E-state index in [0.717, 1.165) is 11.1 Å². The van der Waals surface area contributed by atoms with Crippen molar-refractivity contribution >= 4 is 46.2 Å². The fourth-order valence-electron chi connectivity index (χ4n) is 3.06. The van der Waals surface area contributed by atoms with Crippen molar-refractivity contribution in [2.24, 2.45) is 0 Å². The van der Waals surface area contributed by atoms with Crippen LogP contribution < -0.4 is 10.6 Å². The first-order valence-electron chi connectivity index (χ1n) is 9.03. The van der Waals surface area contributed by atoms with E-state index >= 15 is 0 Å². The van der Waals surface area contributed by atoms with Gasteiger partial charge in [-0.1, -0.05) is 72.3 Å². The lowest BCUT2D eigenvalue weighted by Gasteiger charge is -2.19. The van der Waals surface area contributed by atoms with Crippen LogP contribution >= 0.6 is 23.8 Å². The standard InChI is InChI=1S/C22H18ClN3O3S/c1-14-12-19(26(28)29)17(23)13-18(14)24-22(30)25-21(27)20(15-8-4-2-5-9-15)16-10-6-3-7-11-16/h2-13,20H,1H3,(H2,24,25,27,30). The molecule has 0 saturated carbocycles.